The van der Waals surface area contributed by atoms with E-state index in [1.807, 2.05) is 49.4 Å². The number of halogens is 1. The Kier molecular flexibility index (Phi) is 6.66. The minimum atomic E-state index is -0.305. The SMILES string of the molecule is Cc1ccc(-c2ccccc2C(=O)Nc2ccc(C(=O)N(C)c3ccc(Cl)cc3O)cc2)cc1. The van der Waals surface area contributed by atoms with Crippen LogP contribution >= 0.6 is 11.6 Å². The second-order valence-corrected chi connectivity index (χ2v) is 8.38. The van der Waals surface area contributed by atoms with Crippen LogP contribution in [0.3, 0.4) is 0 Å². The lowest BCUT2D eigenvalue weighted by Crippen LogP contribution is -2.26. The maximum Gasteiger partial charge on any atom is 0.258 e. The Balaban J connectivity index is 1.51. The van der Waals surface area contributed by atoms with E-state index >= 15 is 0 Å². The molecule has 4 aromatic carbocycles. The van der Waals surface area contributed by atoms with E-state index in [9.17, 15) is 14.7 Å². The summed E-state index contributed by atoms with van der Waals surface area (Å²) in [5.41, 5.74) is 4.84. The van der Waals surface area contributed by atoms with Crippen molar-refractivity contribution >= 4 is 34.8 Å². The van der Waals surface area contributed by atoms with Crippen molar-refractivity contribution in [3.05, 3.63) is 113 Å². The minimum Gasteiger partial charge on any atom is -0.506 e. The van der Waals surface area contributed by atoms with E-state index in [4.69, 9.17) is 11.6 Å². The Bertz CT molecular complexity index is 1350. The van der Waals surface area contributed by atoms with Gasteiger partial charge in [-0.15, -0.1) is 0 Å². The number of hydrogen-bond donors (Lipinski definition) is 2. The number of benzene rings is 4. The van der Waals surface area contributed by atoms with Crippen molar-refractivity contribution in [2.45, 2.75) is 6.92 Å². The van der Waals surface area contributed by atoms with E-state index in [1.54, 1.807) is 49.5 Å². The van der Waals surface area contributed by atoms with Crippen LogP contribution in [0.1, 0.15) is 26.3 Å². The van der Waals surface area contributed by atoms with Gasteiger partial charge < -0.3 is 15.3 Å². The van der Waals surface area contributed by atoms with Gasteiger partial charge in [-0.25, -0.2) is 0 Å². The molecule has 34 heavy (non-hydrogen) atoms. The Morgan fingerprint density at radius 1 is 0.882 bits per heavy atom. The van der Waals surface area contributed by atoms with Crippen molar-refractivity contribution in [2.24, 2.45) is 0 Å². The Morgan fingerprint density at radius 3 is 2.24 bits per heavy atom. The van der Waals surface area contributed by atoms with Gasteiger partial charge in [-0.1, -0.05) is 59.6 Å². The van der Waals surface area contributed by atoms with Gasteiger partial charge in [0, 0.05) is 35.0 Å². The third kappa shape index (κ3) is 4.95. The molecule has 0 fully saturated rings. The first-order valence-corrected chi connectivity index (χ1v) is 11.1. The molecule has 0 saturated heterocycles. The van der Waals surface area contributed by atoms with Crippen molar-refractivity contribution < 1.29 is 14.7 Å². The zero-order valence-corrected chi connectivity index (χ0v) is 19.5. The molecule has 0 spiro atoms. The Labute approximate surface area is 203 Å². The van der Waals surface area contributed by atoms with E-state index in [1.165, 1.54) is 11.0 Å². The van der Waals surface area contributed by atoms with Crippen molar-refractivity contribution in [1.82, 2.24) is 0 Å². The lowest BCUT2D eigenvalue weighted by molar-refractivity contribution is 0.0991. The molecule has 0 aromatic heterocycles. The molecule has 2 N–H and O–H groups in total. The number of aromatic hydroxyl groups is 1. The summed E-state index contributed by atoms with van der Waals surface area (Å²) in [6.07, 6.45) is 0. The standard InChI is InChI=1S/C28H23ClN2O3/c1-18-7-9-19(10-8-18)23-5-3-4-6-24(23)27(33)30-22-14-11-20(12-15-22)28(34)31(2)25-16-13-21(29)17-26(25)32/h3-17,32H,1-2H3,(H,30,33). The average molecular weight is 471 g/mol. The fourth-order valence-corrected chi connectivity index (χ4v) is 3.81. The van der Waals surface area contributed by atoms with Gasteiger partial charge in [-0.3, -0.25) is 9.59 Å². The van der Waals surface area contributed by atoms with Gasteiger partial charge in [-0.2, -0.15) is 0 Å². The average Bonchev–Trinajstić information content (AvgIpc) is 2.84. The first kappa shape index (κ1) is 23.1. The highest BCUT2D eigenvalue weighted by molar-refractivity contribution is 6.30. The number of nitrogens with zero attached hydrogens (tertiary/aromatic N) is 1. The van der Waals surface area contributed by atoms with Gasteiger partial charge in [-0.05, 0) is 60.5 Å². The lowest BCUT2D eigenvalue weighted by Gasteiger charge is -2.19. The number of nitrogens with one attached hydrogen (secondary N) is 1. The zero-order chi connectivity index (χ0) is 24.2. The van der Waals surface area contributed by atoms with Gasteiger partial charge in [0.05, 0.1) is 5.69 Å². The molecule has 0 radical (unpaired) electrons. The monoisotopic (exact) mass is 470 g/mol. The molecule has 0 aliphatic rings. The number of carbonyl (C=O) groups is 2. The number of carbonyl (C=O) groups excluding carboxylic acids is 2. The predicted molar refractivity (Wildman–Crippen MR) is 137 cm³/mol. The molecule has 4 rings (SSSR count). The molecule has 0 aliphatic carbocycles. The largest absolute Gasteiger partial charge is 0.506 e. The van der Waals surface area contributed by atoms with Crippen molar-refractivity contribution in [3.63, 3.8) is 0 Å². The summed E-state index contributed by atoms with van der Waals surface area (Å²) in [5, 5.41) is 13.4. The number of hydrogen-bond acceptors (Lipinski definition) is 3. The van der Waals surface area contributed by atoms with Gasteiger partial charge in [0.15, 0.2) is 0 Å². The van der Waals surface area contributed by atoms with Crippen LogP contribution in [0.2, 0.25) is 5.02 Å². The highest BCUT2D eigenvalue weighted by atomic mass is 35.5. The maximum absolute atomic E-state index is 13.0. The summed E-state index contributed by atoms with van der Waals surface area (Å²) >= 11 is 5.87. The van der Waals surface area contributed by atoms with E-state index in [0.29, 0.717) is 27.5 Å². The van der Waals surface area contributed by atoms with Crippen LogP contribution in [0.15, 0.2) is 91.0 Å². The number of aryl methyl sites for hydroxylation is 1. The Morgan fingerprint density at radius 2 is 1.56 bits per heavy atom. The van der Waals surface area contributed by atoms with E-state index in [2.05, 4.69) is 5.32 Å². The fraction of sp³-hybridized carbons (Fsp3) is 0.0714. The Hall–Kier alpha value is -4.09. The quantitative estimate of drug-likeness (QED) is 0.347. The van der Waals surface area contributed by atoms with Crippen LogP contribution in [0, 0.1) is 6.92 Å². The van der Waals surface area contributed by atoms with Crippen LogP contribution < -0.4 is 10.2 Å². The molecule has 5 nitrogen and oxygen atoms in total. The molecule has 6 heteroatoms. The molecule has 0 saturated carbocycles. The molecule has 0 heterocycles. The number of rotatable bonds is 5. The third-order valence-electron chi connectivity index (χ3n) is 5.53. The lowest BCUT2D eigenvalue weighted by atomic mass is 9.98. The maximum atomic E-state index is 13.0. The molecule has 170 valence electrons. The number of phenolic OH excluding ortho intramolecular Hbond substituents is 1. The molecular formula is C28H23ClN2O3. The smallest absolute Gasteiger partial charge is 0.258 e. The zero-order valence-electron chi connectivity index (χ0n) is 18.7. The van der Waals surface area contributed by atoms with Crippen molar-refractivity contribution in [3.8, 4) is 16.9 Å². The van der Waals surface area contributed by atoms with Crippen LogP contribution in [0.25, 0.3) is 11.1 Å². The van der Waals surface area contributed by atoms with Crippen LogP contribution in [-0.2, 0) is 0 Å². The number of anilines is 2. The summed E-state index contributed by atoms with van der Waals surface area (Å²) in [6.45, 7) is 2.02. The third-order valence-corrected chi connectivity index (χ3v) is 5.76. The fourth-order valence-electron chi connectivity index (χ4n) is 3.64. The molecule has 0 aliphatic heterocycles. The number of amides is 2. The summed E-state index contributed by atoms with van der Waals surface area (Å²) in [7, 11) is 1.57. The van der Waals surface area contributed by atoms with E-state index < -0.39 is 0 Å². The minimum absolute atomic E-state index is 0.0838. The van der Waals surface area contributed by atoms with E-state index in [0.717, 1.165) is 16.7 Å². The first-order valence-electron chi connectivity index (χ1n) is 10.7. The molecule has 4 aromatic rings. The highest BCUT2D eigenvalue weighted by Crippen LogP contribution is 2.30. The van der Waals surface area contributed by atoms with Crippen LogP contribution in [0.4, 0.5) is 11.4 Å². The van der Waals surface area contributed by atoms with Crippen molar-refractivity contribution in [2.75, 3.05) is 17.3 Å². The van der Waals surface area contributed by atoms with Gasteiger partial charge in [0.25, 0.3) is 11.8 Å². The molecular weight excluding hydrogens is 448 g/mol. The second kappa shape index (κ2) is 9.81. The van der Waals surface area contributed by atoms with Gasteiger partial charge in [0.1, 0.15) is 5.75 Å². The van der Waals surface area contributed by atoms with Crippen LogP contribution in [-0.4, -0.2) is 24.0 Å². The summed E-state index contributed by atoms with van der Waals surface area (Å²) in [6, 6.07) is 26.6. The first-order chi connectivity index (χ1) is 16.3. The molecule has 0 atom stereocenters. The normalized spacial score (nSPS) is 10.6. The van der Waals surface area contributed by atoms with Crippen LogP contribution in [0.5, 0.6) is 5.75 Å². The second-order valence-electron chi connectivity index (χ2n) is 7.94. The summed E-state index contributed by atoms with van der Waals surface area (Å²) < 4.78 is 0. The summed E-state index contributed by atoms with van der Waals surface area (Å²) in [4.78, 5) is 27.2. The van der Waals surface area contributed by atoms with E-state index in [-0.39, 0.29) is 17.6 Å². The van der Waals surface area contributed by atoms with Gasteiger partial charge in [0.2, 0.25) is 0 Å². The molecule has 2 amide bonds. The highest BCUT2D eigenvalue weighted by Gasteiger charge is 2.17. The van der Waals surface area contributed by atoms with Gasteiger partial charge >= 0.3 is 0 Å². The molecule has 0 unspecified atom stereocenters. The van der Waals surface area contributed by atoms with Crippen molar-refractivity contribution in [1.29, 1.82) is 0 Å². The topological polar surface area (TPSA) is 69.6 Å². The predicted octanol–water partition coefficient (Wildman–Crippen LogP) is 6.55. The summed E-state index contributed by atoms with van der Waals surface area (Å²) in [5.74, 6) is -0.627. The number of phenols is 1. The molecule has 0 bridgehead atoms.